The highest BCUT2D eigenvalue weighted by Crippen LogP contribution is 2.24. The molecule has 2 N–H and O–H groups in total. The third kappa shape index (κ3) is 8.46. The van der Waals surface area contributed by atoms with Crippen molar-refractivity contribution in [2.75, 3.05) is 32.7 Å². The molecule has 0 spiro atoms. The average Bonchev–Trinajstić information content (AvgIpc) is 2.38. The summed E-state index contributed by atoms with van der Waals surface area (Å²) in [5.41, 5.74) is 0. The number of halogens is 3. The topological polar surface area (TPSA) is 39.7 Å². The lowest BCUT2D eigenvalue weighted by atomic mass is 9.93. The molecule has 22 heavy (non-hydrogen) atoms. The van der Waals surface area contributed by atoms with Gasteiger partial charge in [-0.05, 0) is 59.0 Å². The van der Waals surface area contributed by atoms with E-state index >= 15 is 0 Å². The molecule has 0 aliphatic carbocycles. The van der Waals surface area contributed by atoms with E-state index in [0.717, 1.165) is 31.8 Å². The first kappa shape index (κ1) is 19.1. The molecule has 0 amide bonds. The maximum absolute atomic E-state index is 12.3. The molecule has 1 aliphatic rings. The zero-order valence-electron chi connectivity index (χ0n) is 13.8. The lowest BCUT2D eigenvalue weighted by Crippen LogP contribution is -2.41. The van der Waals surface area contributed by atoms with E-state index in [2.05, 4.69) is 29.5 Å². The van der Waals surface area contributed by atoms with E-state index < -0.39 is 12.7 Å². The molecular weight excluding hydrogens is 293 g/mol. The molecule has 0 aromatic carbocycles. The smallest absolute Gasteiger partial charge is 0.357 e. The highest BCUT2D eigenvalue weighted by atomic mass is 19.4. The van der Waals surface area contributed by atoms with Crippen molar-refractivity contribution in [3.63, 3.8) is 0 Å². The molecule has 7 heteroatoms. The summed E-state index contributed by atoms with van der Waals surface area (Å²) < 4.78 is 37.0. The molecule has 1 saturated heterocycles. The van der Waals surface area contributed by atoms with Gasteiger partial charge < -0.3 is 10.6 Å². The third-order valence-electron chi connectivity index (χ3n) is 3.69. The Kier molecular flexibility index (Phi) is 8.00. The van der Waals surface area contributed by atoms with E-state index in [-0.39, 0.29) is 0 Å². The quantitative estimate of drug-likeness (QED) is 0.583. The minimum Gasteiger partial charge on any atom is -0.357 e. The predicted octanol–water partition coefficient (Wildman–Crippen LogP) is 2.61. The molecule has 0 atom stereocenters. The van der Waals surface area contributed by atoms with E-state index in [1.54, 1.807) is 0 Å². The van der Waals surface area contributed by atoms with Crippen molar-refractivity contribution in [3.05, 3.63) is 0 Å². The summed E-state index contributed by atoms with van der Waals surface area (Å²) in [5, 5.41) is 6.45. The molecular formula is C15H29F3N4. The number of nitrogens with zero attached hydrogens (tertiary/aromatic N) is 2. The number of guanidine groups is 1. The first-order valence-corrected chi connectivity index (χ1v) is 8.14. The number of alkyl halides is 3. The van der Waals surface area contributed by atoms with Gasteiger partial charge in [-0.2, -0.15) is 13.2 Å². The fraction of sp³-hybridized carbons (Fsp3) is 0.933. The molecule has 1 rings (SSSR count). The Labute approximate surface area is 131 Å². The van der Waals surface area contributed by atoms with Crippen molar-refractivity contribution in [1.82, 2.24) is 15.5 Å². The number of hydrogen-bond acceptors (Lipinski definition) is 2. The van der Waals surface area contributed by atoms with Crippen molar-refractivity contribution < 1.29 is 13.2 Å². The van der Waals surface area contributed by atoms with E-state index in [9.17, 15) is 13.2 Å². The molecule has 0 bridgehead atoms. The Morgan fingerprint density at radius 2 is 1.91 bits per heavy atom. The van der Waals surface area contributed by atoms with Gasteiger partial charge in [-0.15, -0.1) is 0 Å². The van der Waals surface area contributed by atoms with Gasteiger partial charge in [-0.25, -0.2) is 0 Å². The van der Waals surface area contributed by atoms with E-state index in [1.807, 2.05) is 6.92 Å². The van der Waals surface area contributed by atoms with Crippen LogP contribution in [0.1, 0.15) is 40.0 Å². The maximum Gasteiger partial charge on any atom is 0.401 e. The van der Waals surface area contributed by atoms with Crippen molar-refractivity contribution in [3.8, 4) is 0 Å². The lowest BCUT2D eigenvalue weighted by molar-refractivity contribution is -0.148. The first-order chi connectivity index (χ1) is 10.3. The van der Waals surface area contributed by atoms with Crippen LogP contribution >= 0.6 is 0 Å². The standard InChI is InChI=1S/C15H29F3N4/c1-4-19-14(21-12(2)3)20-8-5-13-6-9-22(10-7-13)11-15(16,17)18/h12-13H,4-11H2,1-3H3,(H2,19,20,21). The zero-order valence-corrected chi connectivity index (χ0v) is 13.8. The molecule has 130 valence electrons. The Hall–Kier alpha value is -0.980. The number of aliphatic imine (C=N–C) groups is 1. The van der Waals surface area contributed by atoms with Crippen LogP contribution in [0.2, 0.25) is 0 Å². The summed E-state index contributed by atoms with van der Waals surface area (Å²) in [6.45, 7) is 7.97. The molecule has 0 aromatic rings. The van der Waals surface area contributed by atoms with Gasteiger partial charge in [0, 0.05) is 19.1 Å². The van der Waals surface area contributed by atoms with Crippen molar-refractivity contribution in [2.45, 2.75) is 52.3 Å². The van der Waals surface area contributed by atoms with Gasteiger partial charge in [0.15, 0.2) is 5.96 Å². The second kappa shape index (κ2) is 9.22. The minimum atomic E-state index is -4.08. The SMILES string of the molecule is CCNC(=NCCC1CCN(CC(F)(F)F)CC1)NC(C)C. The van der Waals surface area contributed by atoms with Crippen LogP contribution in [0, 0.1) is 5.92 Å². The molecule has 1 fully saturated rings. The van der Waals surface area contributed by atoms with E-state index in [4.69, 9.17) is 0 Å². The number of piperidine rings is 1. The monoisotopic (exact) mass is 322 g/mol. The Bertz CT molecular complexity index is 334. The van der Waals surface area contributed by atoms with Gasteiger partial charge in [0.2, 0.25) is 0 Å². The Morgan fingerprint density at radius 1 is 1.27 bits per heavy atom. The molecule has 1 aliphatic heterocycles. The molecule has 0 unspecified atom stereocenters. The van der Waals surface area contributed by atoms with Gasteiger partial charge in [0.05, 0.1) is 6.54 Å². The van der Waals surface area contributed by atoms with Crippen LogP contribution in [-0.4, -0.2) is 55.8 Å². The molecule has 1 heterocycles. The van der Waals surface area contributed by atoms with E-state index in [1.165, 1.54) is 4.90 Å². The average molecular weight is 322 g/mol. The van der Waals surface area contributed by atoms with Crippen LogP contribution in [0.3, 0.4) is 0 Å². The Balaban J connectivity index is 2.28. The zero-order chi connectivity index (χ0) is 16.6. The van der Waals surface area contributed by atoms with Gasteiger partial charge in [-0.3, -0.25) is 9.89 Å². The van der Waals surface area contributed by atoms with Gasteiger partial charge in [0.1, 0.15) is 0 Å². The normalized spacial score (nSPS) is 18.8. The summed E-state index contributed by atoms with van der Waals surface area (Å²) in [4.78, 5) is 6.03. The largest absolute Gasteiger partial charge is 0.401 e. The third-order valence-corrected chi connectivity index (χ3v) is 3.69. The van der Waals surface area contributed by atoms with Crippen LogP contribution in [0.25, 0.3) is 0 Å². The molecule has 0 saturated carbocycles. The molecule has 0 aromatic heterocycles. The number of nitrogens with one attached hydrogen (secondary N) is 2. The lowest BCUT2D eigenvalue weighted by Gasteiger charge is -2.32. The fourth-order valence-corrected chi connectivity index (χ4v) is 2.64. The second-order valence-electron chi connectivity index (χ2n) is 6.18. The molecule has 4 nitrogen and oxygen atoms in total. The number of likely N-dealkylation sites (tertiary alicyclic amines) is 1. The summed E-state index contributed by atoms with van der Waals surface area (Å²) in [6, 6.07) is 0.323. The highest BCUT2D eigenvalue weighted by molar-refractivity contribution is 5.79. The summed E-state index contributed by atoms with van der Waals surface area (Å²) in [7, 11) is 0. The first-order valence-electron chi connectivity index (χ1n) is 8.14. The van der Waals surface area contributed by atoms with Gasteiger partial charge in [0.25, 0.3) is 0 Å². The van der Waals surface area contributed by atoms with Crippen LogP contribution in [0.5, 0.6) is 0 Å². The molecule has 0 radical (unpaired) electrons. The van der Waals surface area contributed by atoms with Gasteiger partial charge in [-0.1, -0.05) is 0 Å². The summed E-state index contributed by atoms with van der Waals surface area (Å²) >= 11 is 0. The van der Waals surface area contributed by atoms with Crippen molar-refractivity contribution in [1.29, 1.82) is 0 Å². The van der Waals surface area contributed by atoms with Crippen molar-refractivity contribution >= 4 is 5.96 Å². The van der Waals surface area contributed by atoms with Gasteiger partial charge >= 0.3 is 6.18 Å². The predicted molar refractivity (Wildman–Crippen MR) is 84.1 cm³/mol. The van der Waals surface area contributed by atoms with Crippen LogP contribution in [0.15, 0.2) is 4.99 Å². The fourth-order valence-electron chi connectivity index (χ4n) is 2.64. The summed E-state index contributed by atoms with van der Waals surface area (Å²) in [5.74, 6) is 1.29. The number of rotatable bonds is 6. The maximum atomic E-state index is 12.3. The van der Waals surface area contributed by atoms with Crippen molar-refractivity contribution in [2.24, 2.45) is 10.9 Å². The number of hydrogen-bond donors (Lipinski definition) is 2. The minimum absolute atomic E-state index is 0.323. The van der Waals surface area contributed by atoms with Crippen LogP contribution in [0.4, 0.5) is 13.2 Å². The van der Waals surface area contributed by atoms with E-state index in [0.29, 0.717) is 31.6 Å². The van der Waals surface area contributed by atoms with Crippen LogP contribution < -0.4 is 10.6 Å². The highest BCUT2D eigenvalue weighted by Gasteiger charge is 2.32. The summed E-state index contributed by atoms with van der Waals surface area (Å²) in [6.07, 6.45) is -1.48. The van der Waals surface area contributed by atoms with Crippen LogP contribution in [-0.2, 0) is 0 Å². The second-order valence-corrected chi connectivity index (χ2v) is 6.18. The Morgan fingerprint density at radius 3 is 2.41 bits per heavy atom.